The molecule has 12 nitrogen and oxygen atoms in total. The standard InChI is InChI=1S/C44H50N4O8/c1-44(2)22-31(41(51)46-44)20-34(37(49)27-55-25-28-12-6-4-7-13-28)45-42(52)40-32-17-10-16-30(32)23-48(40)43(53)36-21-33-35(18-11-19-38(33)54-3)47(36)24-39(50)56-26-29-14-8-5-9-15-29/h4-9,11-15,18-19,21,30-32,34,40H,10,16-17,20,22-27H2,1-3H3,(H,45,52)(H,46,51)/t30-,31+,32-,34?,40-/m0/s1. The van der Waals surface area contributed by atoms with Crippen molar-refractivity contribution in [1.82, 2.24) is 20.1 Å². The van der Waals surface area contributed by atoms with Crippen molar-refractivity contribution in [2.75, 3.05) is 20.3 Å². The number of benzene rings is 3. The van der Waals surface area contributed by atoms with Gasteiger partial charge in [0, 0.05) is 23.4 Å². The van der Waals surface area contributed by atoms with Crippen molar-refractivity contribution in [3.8, 4) is 5.75 Å². The molecule has 5 atom stereocenters. The maximum absolute atomic E-state index is 14.8. The molecule has 1 aliphatic carbocycles. The van der Waals surface area contributed by atoms with Gasteiger partial charge >= 0.3 is 5.97 Å². The maximum Gasteiger partial charge on any atom is 0.326 e. The third-order valence-electron chi connectivity index (χ3n) is 11.5. The van der Waals surface area contributed by atoms with Gasteiger partial charge in [-0.2, -0.15) is 0 Å². The number of carbonyl (C=O) groups is 5. The number of carbonyl (C=O) groups excluding carboxylic acids is 5. The number of esters is 1. The van der Waals surface area contributed by atoms with Gasteiger partial charge in [-0.1, -0.05) is 73.2 Å². The number of hydrogen-bond acceptors (Lipinski definition) is 8. The number of hydrogen-bond donors (Lipinski definition) is 2. The van der Waals surface area contributed by atoms with Crippen molar-refractivity contribution >= 4 is 40.4 Å². The highest BCUT2D eigenvalue weighted by molar-refractivity contribution is 6.03. The van der Waals surface area contributed by atoms with E-state index >= 15 is 0 Å². The molecule has 0 radical (unpaired) electrons. The first-order valence-electron chi connectivity index (χ1n) is 19.4. The molecule has 0 bridgehead atoms. The highest BCUT2D eigenvalue weighted by atomic mass is 16.5. The summed E-state index contributed by atoms with van der Waals surface area (Å²) in [6, 6.07) is 24.1. The monoisotopic (exact) mass is 762 g/mol. The van der Waals surface area contributed by atoms with Gasteiger partial charge in [-0.3, -0.25) is 24.0 Å². The number of nitrogens with one attached hydrogen (secondary N) is 2. The van der Waals surface area contributed by atoms with E-state index in [2.05, 4.69) is 10.6 Å². The van der Waals surface area contributed by atoms with Crippen molar-refractivity contribution in [3.05, 3.63) is 102 Å². The molecule has 2 saturated heterocycles. The number of aromatic nitrogens is 1. The third kappa shape index (κ3) is 8.50. The Kier molecular flexibility index (Phi) is 11.6. The van der Waals surface area contributed by atoms with E-state index in [1.807, 2.05) is 80.6 Å². The summed E-state index contributed by atoms with van der Waals surface area (Å²) < 4.78 is 18.7. The largest absolute Gasteiger partial charge is 0.496 e. The highest BCUT2D eigenvalue weighted by Gasteiger charge is 2.51. The molecule has 12 heteroatoms. The molecular weight excluding hydrogens is 713 g/mol. The van der Waals surface area contributed by atoms with Crippen molar-refractivity contribution in [2.45, 2.75) is 83.3 Å². The Labute approximate surface area is 326 Å². The van der Waals surface area contributed by atoms with E-state index in [1.54, 1.807) is 34.8 Å². The second-order valence-electron chi connectivity index (χ2n) is 15.9. The van der Waals surface area contributed by atoms with Crippen molar-refractivity contribution in [2.24, 2.45) is 17.8 Å². The minimum absolute atomic E-state index is 0.0837. The first kappa shape index (κ1) is 38.8. The van der Waals surface area contributed by atoms with Gasteiger partial charge in [0.25, 0.3) is 5.91 Å². The molecule has 3 aliphatic rings. The Balaban J connectivity index is 1.14. The molecule has 3 aromatic carbocycles. The smallest absolute Gasteiger partial charge is 0.326 e. The van der Waals surface area contributed by atoms with Crippen LogP contribution in [-0.2, 0) is 48.4 Å². The van der Waals surface area contributed by atoms with Gasteiger partial charge in [0.1, 0.15) is 37.2 Å². The number of amides is 3. The average Bonchev–Trinajstić information content (AvgIpc) is 3.95. The second-order valence-corrected chi connectivity index (χ2v) is 15.9. The highest BCUT2D eigenvalue weighted by Crippen LogP contribution is 2.43. The molecule has 3 amide bonds. The molecule has 2 N–H and O–H groups in total. The number of ether oxygens (including phenoxy) is 3. The van der Waals surface area contributed by atoms with Crippen LogP contribution in [0.25, 0.3) is 10.9 Å². The molecule has 56 heavy (non-hydrogen) atoms. The molecule has 1 saturated carbocycles. The fourth-order valence-electron chi connectivity index (χ4n) is 8.84. The lowest BCUT2D eigenvalue weighted by atomic mass is 9.89. The Bertz CT molecular complexity index is 2080. The Hall–Kier alpha value is -5.49. The zero-order valence-electron chi connectivity index (χ0n) is 32.2. The normalized spacial score (nSPS) is 21.7. The fraction of sp³-hybridized carbons (Fsp3) is 0.432. The van der Waals surface area contributed by atoms with Crippen LogP contribution in [0.3, 0.4) is 0 Å². The van der Waals surface area contributed by atoms with E-state index in [1.165, 1.54) is 0 Å². The first-order chi connectivity index (χ1) is 27.0. The van der Waals surface area contributed by atoms with Gasteiger partial charge < -0.3 is 34.3 Å². The second kappa shape index (κ2) is 16.7. The molecule has 7 rings (SSSR count). The number of rotatable bonds is 15. The predicted octanol–water partition coefficient (Wildman–Crippen LogP) is 5.21. The zero-order valence-corrected chi connectivity index (χ0v) is 32.2. The van der Waals surface area contributed by atoms with Crippen molar-refractivity contribution in [3.63, 3.8) is 0 Å². The van der Waals surface area contributed by atoms with E-state index in [0.29, 0.717) is 29.6 Å². The molecule has 2 aliphatic heterocycles. The minimum atomic E-state index is -1.00. The van der Waals surface area contributed by atoms with Crippen LogP contribution < -0.4 is 15.4 Å². The quantitative estimate of drug-likeness (QED) is 0.157. The molecule has 0 spiro atoms. The number of methoxy groups -OCH3 is 1. The van der Waals surface area contributed by atoms with E-state index in [4.69, 9.17) is 14.2 Å². The van der Waals surface area contributed by atoms with Crippen LogP contribution in [0.1, 0.15) is 67.6 Å². The molecule has 4 aromatic rings. The van der Waals surface area contributed by atoms with Gasteiger partial charge in [0.2, 0.25) is 11.8 Å². The summed E-state index contributed by atoms with van der Waals surface area (Å²) in [5.41, 5.74) is 2.15. The lowest BCUT2D eigenvalue weighted by Crippen LogP contribution is -2.54. The molecule has 3 heterocycles. The van der Waals surface area contributed by atoms with Crippen LogP contribution in [0.5, 0.6) is 5.75 Å². The Morgan fingerprint density at radius 2 is 1.64 bits per heavy atom. The summed E-state index contributed by atoms with van der Waals surface area (Å²) in [6.07, 6.45) is 3.18. The van der Waals surface area contributed by atoms with Crippen molar-refractivity contribution in [1.29, 1.82) is 0 Å². The van der Waals surface area contributed by atoms with Crippen LogP contribution in [-0.4, -0.2) is 76.8 Å². The van der Waals surface area contributed by atoms with Gasteiger partial charge in [0.15, 0.2) is 5.78 Å². The lowest BCUT2D eigenvalue weighted by Gasteiger charge is -2.29. The van der Waals surface area contributed by atoms with E-state index in [9.17, 15) is 24.0 Å². The van der Waals surface area contributed by atoms with Crippen LogP contribution in [0.4, 0.5) is 0 Å². The SMILES string of the molecule is COc1cccc2c1cc(C(=O)N1C[C@@H]3CCC[C@@H]3[C@H]1C(=O)NC(C[C@@H]1CC(C)(C)NC1=O)C(=O)COCc1ccccc1)n2CC(=O)OCc1ccccc1. The number of likely N-dealkylation sites (tertiary alicyclic amines) is 1. The summed E-state index contributed by atoms with van der Waals surface area (Å²) >= 11 is 0. The lowest BCUT2D eigenvalue weighted by molar-refractivity contribution is -0.145. The molecule has 1 aromatic heterocycles. The summed E-state index contributed by atoms with van der Waals surface area (Å²) in [5.74, 6) is -1.82. The van der Waals surface area contributed by atoms with Crippen LogP contribution in [0.15, 0.2) is 84.9 Å². The maximum atomic E-state index is 14.8. The summed E-state index contributed by atoms with van der Waals surface area (Å²) in [4.78, 5) is 71.2. The molecule has 294 valence electrons. The number of nitrogens with zero attached hydrogens (tertiary/aromatic N) is 2. The fourth-order valence-corrected chi connectivity index (χ4v) is 8.84. The Morgan fingerprint density at radius 1 is 0.929 bits per heavy atom. The number of Topliss-reactive ketones (excluding diaryl/α,β-unsaturated/α-hetero) is 1. The van der Waals surface area contributed by atoms with Gasteiger partial charge in [0.05, 0.1) is 25.3 Å². The van der Waals surface area contributed by atoms with E-state index in [0.717, 1.165) is 30.4 Å². The Morgan fingerprint density at radius 3 is 2.32 bits per heavy atom. The third-order valence-corrected chi connectivity index (χ3v) is 11.5. The van der Waals surface area contributed by atoms with E-state index in [-0.39, 0.29) is 62.0 Å². The molecule has 3 fully saturated rings. The van der Waals surface area contributed by atoms with E-state index < -0.39 is 41.3 Å². The topological polar surface area (TPSA) is 145 Å². The van der Waals surface area contributed by atoms with Gasteiger partial charge in [-0.05, 0) is 80.7 Å². The van der Waals surface area contributed by atoms with Crippen LogP contribution in [0.2, 0.25) is 0 Å². The van der Waals surface area contributed by atoms with Crippen LogP contribution >= 0.6 is 0 Å². The zero-order chi connectivity index (χ0) is 39.4. The molecule has 1 unspecified atom stereocenters. The van der Waals surface area contributed by atoms with Gasteiger partial charge in [-0.15, -0.1) is 0 Å². The summed E-state index contributed by atoms with van der Waals surface area (Å²) in [6.45, 7) is 4.04. The summed E-state index contributed by atoms with van der Waals surface area (Å²) in [5, 5.41) is 6.65. The van der Waals surface area contributed by atoms with Crippen LogP contribution in [0, 0.1) is 17.8 Å². The molecular formula is C44H50N4O8. The van der Waals surface area contributed by atoms with Gasteiger partial charge in [-0.25, -0.2) is 0 Å². The average molecular weight is 763 g/mol. The summed E-state index contributed by atoms with van der Waals surface area (Å²) in [7, 11) is 1.55. The van der Waals surface area contributed by atoms with Crippen molar-refractivity contribution < 1.29 is 38.2 Å². The first-order valence-corrected chi connectivity index (χ1v) is 19.4. The number of fused-ring (bicyclic) bond motifs is 2. The minimum Gasteiger partial charge on any atom is -0.496 e. The number of ketones is 1. The predicted molar refractivity (Wildman–Crippen MR) is 208 cm³/mol.